The maximum Gasteiger partial charge on any atom is 0.265 e. The van der Waals surface area contributed by atoms with E-state index in [-0.39, 0.29) is 24.1 Å². The van der Waals surface area contributed by atoms with E-state index in [1.807, 2.05) is 73.0 Å². The van der Waals surface area contributed by atoms with E-state index in [1.54, 1.807) is 12.4 Å². The van der Waals surface area contributed by atoms with Gasteiger partial charge in [-0.15, -0.1) is 10.2 Å². The molecule has 1 aliphatic carbocycles. The molecule has 36 heavy (non-hydrogen) atoms. The zero-order chi connectivity index (χ0) is 24.9. The Bertz CT molecular complexity index is 1510. The van der Waals surface area contributed by atoms with E-state index in [0.29, 0.717) is 28.6 Å². The van der Waals surface area contributed by atoms with Crippen LogP contribution in [0.3, 0.4) is 0 Å². The lowest BCUT2D eigenvalue weighted by molar-refractivity contribution is 0.0936. The molecule has 8 nitrogen and oxygen atoms in total. The summed E-state index contributed by atoms with van der Waals surface area (Å²) in [5, 5.41) is 17.7. The van der Waals surface area contributed by atoms with Gasteiger partial charge in [0, 0.05) is 6.04 Å². The van der Waals surface area contributed by atoms with Gasteiger partial charge in [-0.05, 0) is 67.6 Å². The first-order valence-electron chi connectivity index (χ1n) is 12.0. The standard InChI is InChI=1S/C28H24N6O2/c1-18(2)33-16-30-32-26(33)23-4-3-5-25(31-23)34-17-36-24-11-8-20(14-22(24)27(34)35)19-6-9-21(10-7-19)28(15-29)12-13-28/h3-11,14,16,18H,12-13,17H2,1-2H3. The van der Waals surface area contributed by atoms with Crippen molar-refractivity contribution in [2.45, 2.75) is 38.1 Å². The van der Waals surface area contributed by atoms with Crippen molar-refractivity contribution < 1.29 is 9.53 Å². The zero-order valence-corrected chi connectivity index (χ0v) is 20.0. The van der Waals surface area contributed by atoms with Crippen molar-refractivity contribution in [3.05, 3.63) is 78.1 Å². The van der Waals surface area contributed by atoms with E-state index in [2.05, 4.69) is 16.3 Å². The summed E-state index contributed by atoms with van der Waals surface area (Å²) in [6.45, 7) is 4.17. The number of aromatic nitrogens is 4. The number of pyridine rings is 1. The third-order valence-corrected chi connectivity index (χ3v) is 6.91. The van der Waals surface area contributed by atoms with Crippen LogP contribution in [0.5, 0.6) is 5.75 Å². The fourth-order valence-corrected chi connectivity index (χ4v) is 4.58. The highest BCUT2D eigenvalue weighted by Gasteiger charge is 2.44. The monoisotopic (exact) mass is 476 g/mol. The summed E-state index contributed by atoms with van der Waals surface area (Å²) in [5.74, 6) is 1.51. The van der Waals surface area contributed by atoms with Crippen LogP contribution in [0.1, 0.15) is 48.7 Å². The Hall–Kier alpha value is -4.51. The van der Waals surface area contributed by atoms with E-state index in [1.165, 1.54) is 4.90 Å². The second-order valence-corrected chi connectivity index (χ2v) is 9.53. The molecule has 8 heteroatoms. The third kappa shape index (κ3) is 3.60. The molecule has 0 atom stereocenters. The van der Waals surface area contributed by atoms with Gasteiger partial charge in [-0.2, -0.15) is 5.26 Å². The van der Waals surface area contributed by atoms with Crippen LogP contribution in [0.15, 0.2) is 67.0 Å². The number of amides is 1. The van der Waals surface area contributed by atoms with Crippen LogP contribution in [-0.4, -0.2) is 32.4 Å². The number of carbonyl (C=O) groups excluding carboxylic acids is 1. The van der Waals surface area contributed by atoms with Crippen LogP contribution in [0, 0.1) is 11.3 Å². The quantitative estimate of drug-likeness (QED) is 0.396. The van der Waals surface area contributed by atoms with E-state index in [4.69, 9.17) is 9.72 Å². The van der Waals surface area contributed by atoms with Crippen molar-refractivity contribution in [2.24, 2.45) is 0 Å². The molecule has 0 saturated heterocycles. The Labute approximate surface area is 208 Å². The highest BCUT2D eigenvalue weighted by atomic mass is 16.5. The predicted molar refractivity (Wildman–Crippen MR) is 134 cm³/mol. The summed E-state index contributed by atoms with van der Waals surface area (Å²) in [6, 6.07) is 21.8. The van der Waals surface area contributed by atoms with Gasteiger partial charge in [0.2, 0.25) is 0 Å². The average molecular weight is 477 g/mol. The van der Waals surface area contributed by atoms with Gasteiger partial charge < -0.3 is 9.30 Å². The van der Waals surface area contributed by atoms with Crippen molar-refractivity contribution in [3.63, 3.8) is 0 Å². The van der Waals surface area contributed by atoms with Gasteiger partial charge in [0.05, 0.1) is 17.0 Å². The van der Waals surface area contributed by atoms with E-state index in [0.717, 1.165) is 29.5 Å². The number of benzene rings is 2. The number of ether oxygens (including phenoxy) is 1. The van der Waals surface area contributed by atoms with Crippen molar-refractivity contribution in [2.75, 3.05) is 11.6 Å². The highest BCUT2D eigenvalue weighted by molar-refractivity contribution is 6.09. The van der Waals surface area contributed by atoms with E-state index < -0.39 is 0 Å². The predicted octanol–water partition coefficient (Wildman–Crippen LogP) is 5.14. The molecule has 0 bridgehead atoms. The topological polar surface area (TPSA) is 96.9 Å². The number of rotatable bonds is 5. The van der Waals surface area contributed by atoms with Crippen molar-refractivity contribution >= 4 is 11.7 Å². The molecule has 0 unspecified atom stereocenters. The van der Waals surface area contributed by atoms with E-state index in [9.17, 15) is 10.1 Å². The maximum atomic E-state index is 13.5. The minimum atomic E-state index is -0.317. The van der Waals surface area contributed by atoms with Crippen LogP contribution in [0.2, 0.25) is 0 Å². The third-order valence-electron chi connectivity index (χ3n) is 6.91. The smallest absolute Gasteiger partial charge is 0.265 e. The van der Waals surface area contributed by atoms with Crippen LogP contribution < -0.4 is 9.64 Å². The molecular weight excluding hydrogens is 452 g/mol. The lowest BCUT2D eigenvalue weighted by Crippen LogP contribution is -2.39. The molecule has 1 amide bonds. The number of anilines is 1. The van der Waals surface area contributed by atoms with Gasteiger partial charge in [0.25, 0.3) is 5.91 Å². The van der Waals surface area contributed by atoms with Crippen molar-refractivity contribution in [3.8, 4) is 34.5 Å². The van der Waals surface area contributed by atoms with Crippen LogP contribution >= 0.6 is 0 Å². The number of carbonyl (C=O) groups is 1. The first kappa shape index (κ1) is 22.0. The molecule has 178 valence electrons. The summed E-state index contributed by atoms with van der Waals surface area (Å²) in [6.07, 6.45) is 3.50. The van der Waals surface area contributed by atoms with Crippen LogP contribution in [-0.2, 0) is 5.41 Å². The fraction of sp³-hybridized carbons (Fsp3) is 0.250. The minimum Gasteiger partial charge on any atom is -0.472 e. The maximum absolute atomic E-state index is 13.5. The Morgan fingerprint density at radius 2 is 1.83 bits per heavy atom. The lowest BCUT2D eigenvalue weighted by atomic mass is 9.94. The molecule has 2 aromatic carbocycles. The Balaban J connectivity index is 1.30. The molecule has 0 N–H and O–H groups in total. The van der Waals surface area contributed by atoms with Crippen LogP contribution in [0.25, 0.3) is 22.6 Å². The first-order chi connectivity index (χ1) is 17.5. The number of nitriles is 1. The summed E-state index contributed by atoms with van der Waals surface area (Å²) >= 11 is 0. The van der Waals surface area contributed by atoms with Gasteiger partial charge >= 0.3 is 0 Å². The van der Waals surface area contributed by atoms with Gasteiger partial charge in [0.1, 0.15) is 23.6 Å². The van der Waals surface area contributed by atoms with Gasteiger partial charge in [-0.1, -0.05) is 36.4 Å². The molecule has 6 rings (SSSR count). The molecule has 3 heterocycles. The minimum absolute atomic E-state index is 0.0729. The van der Waals surface area contributed by atoms with Gasteiger partial charge in [-0.3, -0.25) is 9.69 Å². The summed E-state index contributed by atoms with van der Waals surface area (Å²) in [5.41, 5.74) is 3.74. The number of hydrogen-bond donors (Lipinski definition) is 0. The zero-order valence-electron chi connectivity index (χ0n) is 20.0. The largest absolute Gasteiger partial charge is 0.472 e. The Morgan fingerprint density at radius 1 is 1.06 bits per heavy atom. The van der Waals surface area contributed by atoms with E-state index >= 15 is 0 Å². The molecule has 2 aliphatic rings. The molecule has 1 aliphatic heterocycles. The summed E-state index contributed by atoms with van der Waals surface area (Å²) in [7, 11) is 0. The second-order valence-electron chi connectivity index (χ2n) is 9.53. The van der Waals surface area contributed by atoms with Crippen molar-refractivity contribution in [1.29, 1.82) is 5.26 Å². The number of fused-ring (bicyclic) bond motifs is 1. The molecule has 4 aromatic rings. The normalized spacial score (nSPS) is 15.8. The molecule has 0 spiro atoms. The Kier molecular flexibility index (Phi) is 5.07. The SMILES string of the molecule is CC(C)n1cnnc1-c1cccc(N2COc3ccc(-c4ccc(C5(C#N)CC5)cc4)cc3C2=O)n1. The lowest BCUT2D eigenvalue weighted by Gasteiger charge is -2.28. The Morgan fingerprint density at radius 3 is 2.56 bits per heavy atom. The molecule has 1 saturated carbocycles. The number of nitrogens with zero attached hydrogens (tertiary/aromatic N) is 6. The highest BCUT2D eigenvalue weighted by Crippen LogP contribution is 2.47. The first-order valence-corrected chi connectivity index (χ1v) is 12.0. The molecule has 0 radical (unpaired) electrons. The summed E-state index contributed by atoms with van der Waals surface area (Å²) < 4.78 is 7.87. The second kappa shape index (κ2) is 8.31. The van der Waals surface area contributed by atoms with Crippen molar-refractivity contribution in [1.82, 2.24) is 19.7 Å². The fourth-order valence-electron chi connectivity index (χ4n) is 4.58. The van der Waals surface area contributed by atoms with Gasteiger partial charge in [0.15, 0.2) is 12.6 Å². The number of hydrogen-bond acceptors (Lipinski definition) is 6. The molecule has 1 fully saturated rings. The van der Waals surface area contributed by atoms with Gasteiger partial charge in [-0.25, -0.2) is 4.98 Å². The molecule has 2 aromatic heterocycles. The average Bonchev–Trinajstić information content (AvgIpc) is 3.55. The van der Waals surface area contributed by atoms with Crippen LogP contribution in [0.4, 0.5) is 5.82 Å². The summed E-state index contributed by atoms with van der Waals surface area (Å²) in [4.78, 5) is 19.8. The molecular formula is C28H24N6O2.